The zero-order valence-electron chi connectivity index (χ0n) is 7.06. The predicted octanol–water partition coefficient (Wildman–Crippen LogP) is 0.465. The summed E-state index contributed by atoms with van der Waals surface area (Å²) in [6.07, 6.45) is 3.94. The highest BCUT2D eigenvalue weighted by Gasteiger charge is 1.97. The number of hydrogen-bond donors (Lipinski definition) is 2. The maximum absolute atomic E-state index is 10.2. The molecule has 0 aliphatic heterocycles. The van der Waals surface area contributed by atoms with Crippen LogP contribution in [0.4, 0.5) is 5.95 Å². The van der Waals surface area contributed by atoms with E-state index in [1.807, 2.05) is 0 Å². The van der Waals surface area contributed by atoms with E-state index in [-0.39, 0.29) is 5.95 Å². The fraction of sp³-hybridized carbons (Fsp3) is 0.125. The summed E-state index contributed by atoms with van der Waals surface area (Å²) >= 11 is 0. The van der Waals surface area contributed by atoms with Gasteiger partial charge in [-0.3, -0.25) is 0 Å². The highest BCUT2D eigenvalue weighted by atomic mass is 16.4. The first-order valence-electron chi connectivity index (χ1n) is 3.59. The summed E-state index contributed by atoms with van der Waals surface area (Å²) in [6, 6.07) is 0. The summed E-state index contributed by atoms with van der Waals surface area (Å²) in [5.41, 5.74) is 6.63. The van der Waals surface area contributed by atoms with Crippen molar-refractivity contribution in [2.45, 2.75) is 6.92 Å². The first kappa shape index (κ1) is 9.18. The van der Waals surface area contributed by atoms with Crippen molar-refractivity contribution in [1.82, 2.24) is 9.97 Å². The Morgan fingerprint density at radius 2 is 2.38 bits per heavy atom. The number of nitrogens with two attached hydrogens (primary N) is 1. The van der Waals surface area contributed by atoms with Crippen LogP contribution in [0.15, 0.2) is 12.3 Å². The van der Waals surface area contributed by atoms with Crippen LogP contribution in [0.1, 0.15) is 11.3 Å². The van der Waals surface area contributed by atoms with E-state index in [2.05, 4.69) is 9.97 Å². The summed E-state index contributed by atoms with van der Waals surface area (Å²) in [4.78, 5) is 17.8. The van der Waals surface area contributed by atoms with Gasteiger partial charge in [0.15, 0.2) is 0 Å². The van der Waals surface area contributed by atoms with Gasteiger partial charge in [0.25, 0.3) is 0 Å². The Morgan fingerprint density at radius 3 is 2.92 bits per heavy atom. The number of carboxylic acids is 1. The molecule has 0 aliphatic carbocycles. The Balaban J connectivity index is 2.96. The van der Waals surface area contributed by atoms with Crippen molar-refractivity contribution in [3.8, 4) is 0 Å². The quantitative estimate of drug-likeness (QED) is 0.644. The van der Waals surface area contributed by atoms with Crippen LogP contribution in [0, 0.1) is 6.92 Å². The smallest absolute Gasteiger partial charge is 0.328 e. The molecule has 0 spiro atoms. The first-order chi connectivity index (χ1) is 6.09. The number of aryl methyl sites for hydroxylation is 1. The Bertz CT molecular complexity index is 360. The maximum Gasteiger partial charge on any atom is 0.328 e. The number of rotatable bonds is 2. The Labute approximate surface area is 74.9 Å². The van der Waals surface area contributed by atoms with Gasteiger partial charge in [0.05, 0.1) is 5.69 Å². The van der Waals surface area contributed by atoms with E-state index >= 15 is 0 Å². The monoisotopic (exact) mass is 179 g/mol. The second-order valence-corrected chi connectivity index (χ2v) is 2.44. The lowest BCUT2D eigenvalue weighted by Gasteiger charge is -1.98. The third kappa shape index (κ3) is 2.55. The van der Waals surface area contributed by atoms with Crippen molar-refractivity contribution in [3.63, 3.8) is 0 Å². The van der Waals surface area contributed by atoms with Gasteiger partial charge in [0.1, 0.15) is 0 Å². The molecule has 5 heteroatoms. The predicted molar refractivity (Wildman–Crippen MR) is 47.9 cm³/mol. The second kappa shape index (κ2) is 3.66. The van der Waals surface area contributed by atoms with Gasteiger partial charge >= 0.3 is 5.97 Å². The van der Waals surface area contributed by atoms with Gasteiger partial charge < -0.3 is 10.8 Å². The average molecular weight is 179 g/mol. The average Bonchev–Trinajstić information content (AvgIpc) is 2.02. The van der Waals surface area contributed by atoms with Crippen molar-refractivity contribution >= 4 is 18.0 Å². The van der Waals surface area contributed by atoms with Gasteiger partial charge in [-0.15, -0.1) is 0 Å². The number of carbonyl (C=O) groups is 1. The highest BCUT2D eigenvalue weighted by molar-refractivity contribution is 5.85. The number of hydrogen-bond acceptors (Lipinski definition) is 4. The summed E-state index contributed by atoms with van der Waals surface area (Å²) in [7, 11) is 0. The van der Waals surface area contributed by atoms with E-state index < -0.39 is 5.97 Å². The lowest BCUT2D eigenvalue weighted by molar-refractivity contribution is -0.131. The third-order valence-corrected chi connectivity index (χ3v) is 1.44. The highest BCUT2D eigenvalue weighted by Crippen LogP contribution is 2.06. The van der Waals surface area contributed by atoms with Crippen molar-refractivity contribution in [1.29, 1.82) is 0 Å². The van der Waals surface area contributed by atoms with Crippen LogP contribution in [0.25, 0.3) is 6.08 Å². The Morgan fingerprint density at radius 1 is 1.69 bits per heavy atom. The number of anilines is 1. The molecular formula is C8H9N3O2. The molecule has 0 fully saturated rings. The largest absolute Gasteiger partial charge is 0.478 e. The molecule has 1 aromatic heterocycles. The van der Waals surface area contributed by atoms with Gasteiger partial charge in [-0.25, -0.2) is 14.8 Å². The summed E-state index contributed by atoms with van der Waals surface area (Å²) in [5, 5.41) is 8.37. The molecule has 0 aromatic carbocycles. The molecule has 0 aliphatic rings. The minimum absolute atomic E-state index is 0.185. The fourth-order valence-corrected chi connectivity index (χ4v) is 0.819. The number of carboxylic acid groups (broad SMARTS) is 1. The number of aliphatic carboxylic acids is 1. The van der Waals surface area contributed by atoms with Crippen molar-refractivity contribution in [2.24, 2.45) is 0 Å². The fourth-order valence-electron chi connectivity index (χ4n) is 0.819. The molecular weight excluding hydrogens is 170 g/mol. The van der Waals surface area contributed by atoms with Gasteiger partial charge in [-0.2, -0.15) is 0 Å². The Kier molecular flexibility index (Phi) is 2.59. The van der Waals surface area contributed by atoms with Gasteiger partial charge in [-0.05, 0) is 13.0 Å². The minimum atomic E-state index is -1.00. The van der Waals surface area contributed by atoms with Crippen LogP contribution >= 0.6 is 0 Å². The van der Waals surface area contributed by atoms with Crippen LogP contribution in [0.2, 0.25) is 0 Å². The molecule has 1 heterocycles. The van der Waals surface area contributed by atoms with Crippen molar-refractivity contribution < 1.29 is 9.90 Å². The lowest BCUT2D eigenvalue weighted by Crippen LogP contribution is -1.98. The normalized spacial score (nSPS) is 10.5. The molecule has 0 saturated carbocycles. The summed E-state index contributed by atoms with van der Waals surface area (Å²) in [6.45, 7) is 1.74. The standard InChI is InChI=1S/C8H9N3O2/c1-5-6(2-3-7(12)13)4-10-8(9)11-5/h2-4H,1H3,(H,12,13)(H2,9,10,11). The number of nitrogen functional groups attached to an aromatic ring is 1. The molecule has 0 unspecified atom stereocenters. The second-order valence-electron chi connectivity index (χ2n) is 2.44. The molecule has 0 bridgehead atoms. The minimum Gasteiger partial charge on any atom is -0.478 e. The van der Waals surface area contributed by atoms with Gasteiger partial charge in [0.2, 0.25) is 5.95 Å². The molecule has 0 radical (unpaired) electrons. The topological polar surface area (TPSA) is 89.1 Å². The lowest BCUT2D eigenvalue weighted by atomic mass is 10.2. The third-order valence-electron chi connectivity index (χ3n) is 1.44. The molecule has 68 valence electrons. The van der Waals surface area contributed by atoms with Crippen LogP contribution in [-0.4, -0.2) is 21.0 Å². The molecule has 1 rings (SSSR count). The van der Waals surface area contributed by atoms with Crippen LogP contribution < -0.4 is 5.73 Å². The first-order valence-corrected chi connectivity index (χ1v) is 3.59. The Hall–Kier alpha value is -1.91. The number of nitrogens with zero attached hydrogens (tertiary/aromatic N) is 2. The molecule has 5 nitrogen and oxygen atoms in total. The molecule has 1 aromatic rings. The van der Waals surface area contributed by atoms with Gasteiger partial charge in [-0.1, -0.05) is 0 Å². The van der Waals surface area contributed by atoms with E-state index in [1.54, 1.807) is 6.92 Å². The van der Waals surface area contributed by atoms with Crippen LogP contribution in [0.5, 0.6) is 0 Å². The van der Waals surface area contributed by atoms with E-state index in [1.165, 1.54) is 12.3 Å². The zero-order chi connectivity index (χ0) is 9.84. The summed E-state index contributed by atoms with van der Waals surface area (Å²) in [5.74, 6) is -0.818. The van der Waals surface area contributed by atoms with Crippen LogP contribution in [-0.2, 0) is 4.79 Å². The summed E-state index contributed by atoms with van der Waals surface area (Å²) < 4.78 is 0. The molecule has 13 heavy (non-hydrogen) atoms. The van der Waals surface area contributed by atoms with Crippen LogP contribution in [0.3, 0.4) is 0 Å². The van der Waals surface area contributed by atoms with Crippen molar-refractivity contribution in [2.75, 3.05) is 5.73 Å². The molecule has 0 saturated heterocycles. The molecule has 0 amide bonds. The van der Waals surface area contributed by atoms with Gasteiger partial charge in [0, 0.05) is 17.8 Å². The van der Waals surface area contributed by atoms with E-state index in [9.17, 15) is 4.79 Å². The molecule has 0 atom stereocenters. The van der Waals surface area contributed by atoms with Crippen molar-refractivity contribution in [3.05, 3.63) is 23.5 Å². The maximum atomic E-state index is 10.2. The van der Waals surface area contributed by atoms with E-state index in [0.717, 1.165) is 6.08 Å². The SMILES string of the molecule is Cc1nc(N)ncc1C=CC(=O)O. The van der Waals surface area contributed by atoms with E-state index in [4.69, 9.17) is 10.8 Å². The molecule has 3 N–H and O–H groups in total. The number of aromatic nitrogens is 2. The van der Waals surface area contributed by atoms with E-state index in [0.29, 0.717) is 11.3 Å². The zero-order valence-corrected chi connectivity index (χ0v) is 7.06.